The van der Waals surface area contributed by atoms with E-state index < -0.39 is 5.97 Å². The van der Waals surface area contributed by atoms with Gasteiger partial charge in [0.2, 0.25) is 0 Å². The fraction of sp³-hybridized carbons (Fsp3) is 0.300. The third kappa shape index (κ3) is 5.23. The number of ether oxygens (including phenoxy) is 1. The number of carbonyl (C=O) groups is 2. The summed E-state index contributed by atoms with van der Waals surface area (Å²) in [5.41, 5.74) is 1.71. The van der Waals surface area contributed by atoms with Crippen LogP contribution in [0.3, 0.4) is 0 Å². The topological polar surface area (TPSA) is 70.1 Å². The summed E-state index contributed by atoms with van der Waals surface area (Å²) in [6, 6.07) is 15.0. The van der Waals surface area contributed by atoms with Gasteiger partial charge < -0.3 is 19.6 Å². The highest BCUT2D eigenvalue weighted by atomic mass is 79.9. The van der Waals surface area contributed by atoms with E-state index in [2.05, 4.69) is 20.8 Å². The van der Waals surface area contributed by atoms with Crippen LogP contribution in [-0.2, 0) is 4.79 Å². The van der Waals surface area contributed by atoms with Gasteiger partial charge in [-0.2, -0.15) is 0 Å². The Morgan fingerprint density at radius 2 is 1.74 bits per heavy atom. The first-order chi connectivity index (χ1) is 13.0. The van der Waals surface area contributed by atoms with Crippen LogP contribution in [0.2, 0.25) is 0 Å². The quantitative estimate of drug-likeness (QED) is 0.758. The van der Waals surface area contributed by atoms with Crippen molar-refractivity contribution in [2.75, 3.05) is 37.7 Å². The van der Waals surface area contributed by atoms with Crippen LogP contribution >= 0.6 is 15.9 Å². The van der Waals surface area contributed by atoms with Gasteiger partial charge in [0.25, 0.3) is 5.91 Å². The number of carboxylic acid groups (broad SMARTS) is 1. The molecule has 0 aromatic heterocycles. The van der Waals surface area contributed by atoms with E-state index in [0.717, 1.165) is 23.2 Å². The molecule has 0 aliphatic carbocycles. The van der Waals surface area contributed by atoms with Crippen molar-refractivity contribution in [1.82, 2.24) is 4.90 Å². The Balaban J connectivity index is 1.56. The number of rotatable bonds is 6. The third-order valence-electron chi connectivity index (χ3n) is 4.43. The molecule has 1 aliphatic heterocycles. The van der Waals surface area contributed by atoms with Crippen LogP contribution in [0.5, 0.6) is 5.75 Å². The maximum absolute atomic E-state index is 12.6. The highest BCUT2D eigenvalue weighted by molar-refractivity contribution is 9.10. The van der Waals surface area contributed by atoms with Gasteiger partial charge in [-0.05, 0) is 36.4 Å². The molecule has 0 saturated carbocycles. The average Bonchev–Trinajstić information content (AvgIpc) is 2.68. The third-order valence-corrected chi connectivity index (χ3v) is 4.95. The molecule has 27 heavy (non-hydrogen) atoms. The first kappa shape index (κ1) is 19.2. The zero-order valence-corrected chi connectivity index (χ0v) is 16.4. The lowest BCUT2D eigenvalue weighted by atomic mass is 10.1. The Bertz CT molecular complexity index is 802. The van der Waals surface area contributed by atoms with Crippen molar-refractivity contribution in [1.29, 1.82) is 0 Å². The van der Waals surface area contributed by atoms with Gasteiger partial charge >= 0.3 is 5.97 Å². The van der Waals surface area contributed by atoms with Gasteiger partial charge in [-0.3, -0.25) is 9.59 Å². The van der Waals surface area contributed by atoms with Crippen molar-refractivity contribution in [2.45, 2.75) is 6.42 Å². The minimum absolute atomic E-state index is 0.0267. The summed E-state index contributed by atoms with van der Waals surface area (Å²) >= 11 is 3.38. The van der Waals surface area contributed by atoms with E-state index in [4.69, 9.17) is 9.84 Å². The maximum Gasteiger partial charge on any atom is 0.306 e. The Hall–Kier alpha value is -2.54. The molecule has 0 bridgehead atoms. The first-order valence-electron chi connectivity index (χ1n) is 8.77. The second-order valence-corrected chi connectivity index (χ2v) is 7.19. The van der Waals surface area contributed by atoms with Gasteiger partial charge in [-0.1, -0.05) is 22.0 Å². The van der Waals surface area contributed by atoms with Gasteiger partial charge in [0, 0.05) is 48.0 Å². The smallest absolute Gasteiger partial charge is 0.306 e. The van der Waals surface area contributed by atoms with Crippen LogP contribution in [0.4, 0.5) is 5.69 Å². The molecule has 0 atom stereocenters. The van der Waals surface area contributed by atoms with Crippen molar-refractivity contribution in [2.24, 2.45) is 0 Å². The molecular weight excluding hydrogens is 412 g/mol. The largest absolute Gasteiger partial charge is 0.493 e. The summed E-state index contributed by atoms with van der Waals surface area (Å²) in [6.07, 6.45) is -0.0267. The van der Waals surface area contributed by atoms with Crippen LogP contribution in [0.15, 0.2) is 53.0 Å². The lowest BCUT2D eigenvalue weighted by Gasteiger charge is -2.36. The molecule has 3 rings (SSSR count). The highest BCUT2D eigenvalue weighted by Crippen LogP contribution is 2.23. The number of benzene rings is 2. The zero-order valence-electron chi connectivity index (χ0n) is 14.8. The Morgan fingerprint density at radius 1 is 1.04 bits per heavy atom. The van der Waals surface area contributed by atoms with Crippen LogP contribution in [0.1, 0.15) is 16.8 Å². The van der Waals surface area contributed by atoms with Crippen LogP contribution in [0.25, 0.3) is 0 Å². The fourth-order valence-electron chi connectivity index (χ4n) is 2.97. The SMILES string of the molecule is O=C(O)CCOc1cccc(N2CCN(C(=O)c3ccc(Br)cc3)CC2)c1. The zero-order chi connectivity index (χ0) is 19.2. The standard InChI is InChI=1S/C20H21BrN2O4/c21-16-6-4-15(5-7-16)20(26)23-11-9-22(10-12-23)17-2-1-3-18(14-17)27-13-8-19(24)25/h1-7,14H,8-13H2,(H,24,25). The normalized spacial score (nSPS) is 14.1. The molecule has 2 aromatic rings. The number of amides is 1. The highest BCUT2D eigenvalue weighted by Gasteiger charge is 2.22. The number of hydrogen-bond donors (Lipinski definition) is 1. The predicted octanol–water partition coefficient (Wildman–Crippen LogP) is 3.27. The molecule has 142 valence electrons. The summed E-state index contributed by atoms with van der Waals surface area (Å²) in [7, 11) is 0. The van der Waals surface area contributed by atoms with E-state index in [1.54, 1.807) is 0 Å². The molecule has 1 saturated heterocycles. The van der Waals surface area contributed by atoms with Crippen LogP contribution < -0.4 is 9.64 Å². The number of anilines is 1. The summed E-state index contributed by atoms with van der Waals surface area (Å²) in [5, 5.41) is 8.69. The number of carboxylic acids is 1. The molecular formula is C20H21BrN2O4. The molecule has 1 amide bonds. The molecule has 0 radical (unpaired) electrons. The number of halogens is 1. The van der Waals surface area contributed by atoms with Gasteiger partial charge in [-0.25, -0.2) is 0 Å². The Morgan fingerprint density at radius 3 is 2.41 bits per heavy atom. The molecule has 1 N–H and O–H groups in total. The number of nitrogens with zero attached hydrogens (tertiary/aromatic N) is 2. The van der Waals surface area contributed by atoms with Crippen molar-refractivity contribution >= 4 is 33.5 Å². The van der Waals surface area contributed by atoms with Crippen molar-refractivity contribution in [3.63, 3.8) is 0 Å². The minimum Gasteiger partial charge on any atom is -0.493 e. The average molecular weight is 433 g/mol. The van der Waals surface area contributed by atoms with Gasteiger partial charge in [0.05, 0.1) is 13.0 Å². The van der Waals surface area contributed by atoms with Gasteiger partial charge in [0.1, 0.15) is 5.75 Å². The van der Waals surface area contributed by atoms with Crippen molar-refractivity contribution in [3.05, 3.63) is 58.6 Å². The molecule has 0 spiro atoms. The molecule has 1 heterocycles. The maximum atomic E-state index is 12.6. The number of hydrogen-bond acceptors (Lipinski definition) is 4. The fourth-order valence-corrected chi connectivity index (χ4v) is 3.23. The van der Waals surface area contributed by atoms with E-state index >= 15 is 0 Å². The molecule has 0 unspecified atom stereocenters. The predicted molar refractivity (Wildman–Crippen MR) is 106 cm³/mol. The number of aliphatic carboxylic acids is 1. The first-order valence-corrected chi connectivity index (χ1v) is 9.57. The lowest BCUT2D eigenvalue weighted by Crippen LogP contribution is -2.48. The Kier molecular flexibility index (Phi) is 6.34. The van der Waals surface area contributed by atoms with Crippen LogP contribution in [0, 0.1) is 0 Å². The van der Waals surface area contributed by atoms with E-state index in [0.29, 0.717) is 24.4 Å². The van der Waals surface area contributed by atoms with Crippen LogP contribution in [-0.4, -0.2) is 54.7 Å². The van der Waals surface area contributed by atoms with E-state index in [1.165, 1.54) is 0 Å². The van der Waals surface area contributed by atoms with Crippen molar-refractivity contribution < 1.29 is 19.4 Å². The Labute approximate surface area is 166 Å². The molecule has 2 aromatic carbocycles. The number of piperazine rings is 1. The van der Waals surface area contributed by atoms with E-state index in [9.17, 15) is 9.59 Å². The van der Waals surface area contributed by atoms with E-state index in [1.807, 2.05) is 53.4 Å². The minimum atomic E-state index is -0.877. The van der Waals surface area contributed by atoms with E-state index in [-0.39, 0.29) is 18.9 Å². The van der Waals surface area contributed by atoms with Gasteiger partial charge in [0.15, 0.2) is 0 Å². The lowest BCUT2D eigenvalue weighted by molar-refractivity contribution is -0.137. The van der Waals surface area contributed by atoms with Crippen molar-refractivity contribution in [3.8, 4) is 5.75 Å². The summed E-state index contributed by atoms with van der Waals surface area (Å²) in [6.45, 7) is 2.92. The summed E-state index contributed by atoms with van der Waals surface area (Å²) < 4.78 is 6.45. The summed E-state index contributed by atoms with van der Waals surface area (Å²) in [5.74, 6) is -0.173. The van der Waals surface area contributed by atoms with Gasteiger partial charge in [-0.15, -0.1) is 0 Å². The molecule has 1 fully saturated rings. The molecule has 6 nitrogen and oxygen atoms in total. The number of carbonyl (C=O) groups excluding carboxylic acids is 1. The monoisotopic (exact) mass is 432 g/mol. The second-order valence-electron chi connectivity index (χ2n) is 6.28. The second kappa shape index (κ2) is 8.90. The molecule has 7 heteroatoms. The molecule has 1 aliphatic rings. The summed E-state index contributed by atoms with van der Waals surface area (Å²) in [4.78, 5) is 27.3.